The van der Waals surface area contributed by atoms with Crippen LogP contribution in [0.15, 0.2) is 84.9 Å². The molecule has 30 heavy (non-hydrogen) atoms. The maximum absolute atomic E-state index is 11.5. The van der Waals surface area contributed by atoms with Crippen LogP contribution in [-0.2, 0) is 6.54 Å². The Balaban J connectivity index is 1.95. The minimum Gasteiger partial charge on any atom is -0.323 e. The molecule has 4 aromatic rings. The molecule has 0 N–H and O–H groups in total. The van der Waals surface area contributed by atoms with Gasteiger partial charge in [-0.25, -0.2) is 4.98 Å². The first-order valence-electron chi connectivity index (χ1n) is 10.2. The number of benzene rings is 3. The van der Waals surface area contributed by atoms with Gasteiger partial charge in [-0.05, 0) is 30.2 Å². The molecule has 1 heterocycles. The first-order chi connectivity index (χ1) is 14.7. The predicted octanol–water partition coefficient (Wildman–Crippen LogP) is 7.06. The Hall–Kier alpha value is -3.17. The lowest BCUT2D eigenvalue weighted by Crippen LogP contribution is -2.03. The molecule has 0 unspecified atom stereocenters. The molecule has 0 aliphatic rings. The van der Waals surface area contributed by atoms with E-state index in [0.29, 0.717) is 5.56 Å². The van der Waals surface area contributed by atoms with E-state index in [1.807, 2.05) is 36.4 Å². The first-order valence-corrected chi connectivity index (χ1v) is 10.6. The summed E-state index contributed by atoms with van der Waals surface area (Å²) in [6.07, 6.45) is 2.14. The second-order valence-electron chi connectivity index (χ2n) is 7.22. The van der Waals surface area contributed by atoms with Crippen LogP contribution in [0, 0.1) is 0 Å². The summed E-state index contributed by atoms with van der Waals surface area (Å²) in [5.74, 6) is 0.898. The summed E-state index contributed by atoms with van der Waals surface area (Å²) in [7, 11) is 0. The number of hydrogen-bond acceptors (Lipinski definition) is 2. The Morgan fingerprint density at radius 1 is 0.833 bits per heavy atom. The molecule has 3 aromatic carbocycles. The van der Waals surface area contributed by atoms with Gasteiger partial charge in [0.1, 0.15) is 5.82 Å². The largest absolute Gasteiger partial charge is 0.323 e. The molecule has 0 fully saturated rings. The molecule has 0 bridgehead atoms. The molecule has 0 aliphatic carbocycles. The summed E-state index contributed by atoms with van der Waals surface area (Å²) < 4.78 is 2.30. The van der Waals surface area contributed by atoms with Gasteiger partial charge in [-0.3, -0.25) is 4.79 Å². The van der Waals surface area contributed by atoms with Crippen molar-refractivity contribution in [2.24, 2.45) is 0 Å². The van der Waals surface area contributed by atoms with Crippen LogP contribution in [0.5, 0.6) is 0 Å². The molecular weight excluding hydrogens is 392 g/mol. The van der Waals surface area contributed by atoms with Crippen molar-refractivity contribution in [2.45, 2.75) is 26.3 Å². The highest BCUT2D eigenvalue weighted by Gasteiger charge is 2.21. The molecule has 0 aliphatic heterocycles. The zero-order valence-electron chi connectivity index (χ0n) is 16.9. The van der Waals surface area contributed by atoms with Gasteiger partial charge in [0, 0.05) is 28.8 Å². The number of carbonyl (C=O) groups excluding carboxylic acids is 1. The van der Waals surface area contributed by atoms with Crippen molar-refractivity contribution in [3.05, 3.63) is 90.5 Å². The van der Waals surface area contributed by atoms with E-state index in [4.69, 9.17) is 16.6 Å². The van der Waals surface area contributed by atoms with Crippen molar-refractivity contribution in [2.75, 3.05) is 0 Å². The van der Waals surface area contributed by atoms with Crippen molar-refractivity contribution in [1.29, 1.82) is 0 Å². The number of hydrogen-bond donors (Lipinski definition) is 0. The lowest BCUT2D eigenvalue weighted by molar-refractivity contribution is 0.108. The normalized spacial score (nSPS) is 10.9. The van der Waals surface area contributed by atoms with Crippen LogP contribution in [0.4, 0.5) is 0 Å². The molecule has 0 saturated heterocycles. The van der Waals surface area contributed by atoms with Crippen LogP contribution in [-0.4, -0.2) is 14.8 Å². The standard InChI is InChI=1S/C26H23ClN2O/c1-2-3-18-29-24(20-12-8-5-9-13-20)23(19-10-6-4-7-11-19)28-26(29)22-16-14-21(15-17-22)25(27)30/h4-17H,2-3,18H2,1H3. The summed E-state index contributed by atoms with van der Waals surface area (Å²) in [5.41, 5.74) is 5.75. The second kappa shape index (κ2) is 9.10. The maximum Gasteiger partial charge on any atom is 0.252 e. The summed E-state index contributed by atoms with van der Waals surface area (Å²) in [6.45, 7) is 3.06. The van der Waals surface area contributed by atoms with Crippen molar-refractivity contribution in [3.8, 4) is 33.9 Å². The van der Waals surface area contributed by atoms with Gasteiger partial charge < -0.3 is 4.57 Å². The Morgan fingerprint density at radius 3 is 2.00 bits per heavy atom. The number of carbonyl (C=O) groups is 1. The van der Waals surface area contributed by atoms with Crippen LogP contribution in [0.2, 0.25) is 0 Å². The minimum absolute atomic E-state index is 0.453. The van der Waals surface area contributed by atoms with Crippen LogP contribution in [0.3, 0.4) is 0 Å². The van der Waals surface area contributed by atoms with Crippen molar-refractivity contribution >= 4 is 16.8 Å². The highest BCUT2D eigenvalue weighted by molar-refractivity contribution is 6.67. The summed E-state index contributed by atoms with van der Waals surface area (Å²) >= 11 is 5.63. The summed E-state index contributed by atoms with van der Waals surface area (Å²) in [5, 5.41) is -0.453. The molecule has 150 valence electrons. The molecule has 0 atom stereocenters. The molecular formula is C26H23ClN2O. The smallest absolute Gasteiger partial charge is 0.252 e. The van der Waals surface area contributed by atoms with Gasteiger partial charge >= 0.3 is 0 Å². The van der Waals surface area contributed by atoms with Crippen LogP contribution in [0.25, 0.3) is 33.9 Å². The fourth-order valence-electron chi connectivity index (χ4n) is 3.64. The average Bonchev–Trinajstić information content (AvgIpc) is 3.18. The van der Waals surface area contributed by atoms with E-state index in [0.717, 1.165) is 53.3 Å². The van der Waals surface area contributed by atoms with E-state index >= 15 is 0 Å². The number of rotatable bonds is 7. The van der Waals surface area contributed by atoms with Gasteiger partial charge in [0.25, 0.3) is 5.24 Å². The van der Waals surface area contributed by atoms with Crippen LogP contribution < -0.4 is 0 Å². The SMILES string of the molecule is CCCCn1c(-c2ccc(C(=O)Cl)cc2)nc(-c2ccccc2)c1-c1ccccc1. The van der Waals surface area contributed by atoms with Gasteiger partial charge in [0.15, 0.2) is 0 Å². The molecule has 0 radical (unpaired) electrons. The zero-order valence-corrected chi connectivity index (χ0v) is 17.6. The molecule has 1 aromatic heterocycles. The van der Waals surface area contributed by atoms with Crippen LogP contribution >= 0.6 is 11.6 Å². The van der Waals surface area contributed by atoms with E-state index < -0.39 is 5.24 Å². The quantitative estimate of drug-likeness (QED) is 0.303. The zero-order chi connectivity index (χ0) is 20.9. The number of imidazole rings is 1. The van der Waals surface area contributed by atoms with Gasteiger partial charge in [-0.15, -0.1) is 0 Å². The highest BCUT2D eigenvalue weighted by atomic mass is 35.5. The molecule has 4 heteroatoms. The lowest BCUT2D eigenvalue weighted by Gasteiger charge is -2.13. The van der Waals surface area contributed by atoms with Crippen LogP contribution in [0.1, 0.15) is 30.1 Å². The average molecular weight is 415 g/mol. The van der Waals surface area contributed by atoms with E-state index in [1.165, 1.54) is 0 Å². The Labute approximate surface area is 182 Å². The molecule has 0 saturated carbocycles. The summed E-state index contributed by atoms with van der Waals surface area (Å²) in [4.78, 5) is 16.6. The Morgan fingerprint density at radius 2 is 1.43 bits per heavy atom. The van der Waals surface area contributed by atoms with Gasteiger partial charge in [-0.1, -0.05) is 86.1 Å². The Bertz CT molecular complexity index is 1130. The molecule has 0 spiro atoms. The fraction of sp³-hybridized carbons (Fsp3) is 0.154. The van der Waals surface area contributed by atoms with E-state index in [9.17, 15) is 4.79 Å². The van der Waals surface area contributed by atoms with E-state index in [2.05, 4.69) is 47.9 Å². The van der Waals surface area contributed by atoms with Crippen molar-refractivity contribution in [1.82, 2.24) is 9.55 Å². The second-order valence-corrected chi connectivity index (χ2v) is 7.56. The van der Waals surface area contributed by atoms with Crippen molar-refractivity contribution < 1.29 is 4.79 Å². The topological polar surface area (TPSA) is 34.9 Å². The van der Waals surface area contributed by atoms with E-state index in [1.54, 1.807) is 12.1 Å². The fourth-order valence-corrected chi connectivity index (χ4v) is 3.77. The predicted molar refractivity (Wildman–Crippen MR) is 124 cm³/mol. The number of aromatic nitrogens is 2. The van der Waals surface area contributed by atoms with Crippen molar-refractivity contribution in [3.63, 3.8) is 0 Å². The molecule has 3 nitrogen and oxygen atoms in total. The van der Waals surface area contributed by atoms with Gasteiger partial charge in [-0.2, -0.15) is 0 Å². The molecule has 0 amide bonds. The third kappa shape index (κ3) is 4.07. The van der Waals surface area contributed by atoms with Gasteiger partial charge in [0.05, 0.1) is 11.4 Å². The Kier molecular flexibility index (Phi) is 6.10. The summed E-state index contributed by atoms with van der Waals surface area (Å²) in [6, 6.07) is 28.0. The highest BCUT2D eigenvalue weighted by Crippen LogP contribution is 2.36. The third-order valence-electron chi connectivity index (χ3n) is 5.17. The lowest BCUT2D eigenvalue weighted by atomic mass is 10.0. The monoisotopic (exact) mass is 414 g/mol. The molecule has 4 rings (SSSR count). The van der Waals surface area contributed by atoms with E-state index in [-0.39, 0.29) is 0 Å². The van der Waals surface area contributed by atoms with Gasteiger partial charge in [0.2, 0.25) is 0 Å². The number of nitrogens with zero attached hydrogens (tertiary/aromatic N) is 2. The maximum atomic E-state index is 11.5. The number of unbranched alkanes of at least 4 members (excludes halogenated alkanes) is 1. The first kappa shape index (κ1) is 20.1. The number of halogens is 1. The third-order valence-corrected chi connectivity index (χ3v) is 5.39. The minimum atomic E-state index is -0.453.